The summed E-state index contributed by atoms with van der Waals surface area (Å²) in [4.78, 5) is 14.0. The van der Waals surface area contributed by atoms with Gasteiger partial charge in [-0.05, 0) is 30.7 Å². The van der Waals surface area contributed by atoms with Crippen LogP contribution in [0.2, 0.25) is 5.02 Å². The van der Waals surface area contributed by atoms with Gasteiger partial charge in [0.25, 0.3) is 5.91 Å². The van der Waals surface area contributed by atoms with Crippen molar-refractivity contribution in [3.8, 4) is 5.75 Å². The van der Waals surface area contributed by atoms with Crippen LogP contribution in [0, 0.1) is 5.82 Å². The fraction of sp³-hybridized carbons (Fsp3) is 0.278. The first-order valence-electron chi connectivity index (χ1n) is 7.79. The van der Waals surface area contributed by atoms with Crippen LogP contribution < -0.4 is 10.1 Å². The van der Waals surface area contributed by atoms with E-state index in [2.05, 4.69) is 5.32 Å². The number of anilines is 1. The predicted octanol–water partition coefficient (Wildman–Crippen LogP) is 3.57. The highest BCUT2D eigenvalue weighted by Crippen LogP contribution is 2.21. The van der Waals surface area contributed by atoms with Crippen LogP contribution in [-0.4, -0.2) is 36.5 Å². The maximum Gasteiger partial charge on any atom is 0.260 e. The van der Waals surface area contributed by atoms with E-state index in [1.807, 2.05) is 30.3 Å². The van der Waals surface area contributed by atoms with E-state index in [1.165, 1.54) is 18.2 Å². The van der Waals surface area contributed by atoms with Gasteiger partial charge in [-0.25, -0.2) is 4.39 Å². The van der Waals surface area contributed by atoms with E-state index in [-0.39, 0.29) is 23.6 Å². The summed E-state index contributed by atoms with van der Waals surface area (Å²) < 4.78 is 18.5. The summed E-state index contributed by atoms with van der Waals surface area (Å²) in [6, 6.07) is 14.2. The first kappa shape index (κ1) is 16.6. The summed E-state index contributed by atoms with van der Waals surface area (Å²) in [5, 5.41) is 3.40. The van der Waals surface area contributed by atoms with Crippen LogP contribution in [0.3, 0.4) is 0 Å². The van der Waals surface area contributed by atoms with Gasteiger partial charge in [-0.1, -0.05) is 29.8 Å². The average molecular weight is 349 g/mol. The minimum Gasteiger partial charge on any atom is -0.484 e. The van der Waals surface area contributed by atoms with Gasteiger partial charge in [0.2, 0.25) is 0 Å². The Hall–Kier alpha value is -2.27. The van der Waals surface area contributed by atoms with Crippen LogP contribution >= 0.6 is 11.6 Å². The summed E-state index contributed by atoms with van der Waals surface area (Å²) >= 11 is 5.69. The second-order valence-electron chi connectivity index (χ2n) is 5.70. The van der Waals surface area contributed by atoms with Crippen LogP contribution in [0.25, 0.3) is 0 Å². The van der Waals surface area contributed by atoms with Gasteiger partial charge in [-0.15, -0.1) is 0 Å². The molecule has 3 rings (SSSR count). The number of carbonyl (C=O) groups is 1. The Morgan fingerprint density at radius 2 is 2.08 bits per heavy atom. The molecule has 24 heavy (non-hydrogen) atoms. The van der Waals surface area contributed by atoms with Crippen molar-refractivity contribution in [2.24, 2.45) is 0 Å². The highest BCUT2D eigenvalue weighted by atomic mass is 35.5. The summed E-state index contributed by atoms with van der Waals surface area (Å²) in [6.45, 7) is 1.25. The molecule has 1 heterocycles. The lowest BCUT2D eigenvalue weighted by Gasteiger charge is -2.18. The quantitative estimate of drug-likeness (QED) is 0.898. The molecule has 1 amide bonds. The van der Waals surface area contributed by atoms with Gasteiger partial charge in [-0.3, -0.25) is 4.79 Å². The van der Waals surface area contributed by atoms with E-state index in [1.54, 1.807) is 4.90 Å². The SMILES string of the molecule is O=C(COc1ccc(F)c(Cl)c1)N1CCC(Nc2ccccc2)C1. The van der Waals surface area contributed by atoms with Crippen LogP contribution in [0.1, 0.15) is 6.42 Å². The van der Waals surface area contributed by atoms with Crippen molar-refractivity contribution < 1.29 is 13.9 Å². The second-order valence-corrected chi connectivity index (χ2v) is 6.11. The number of hydrogen-bond donors (Lipinski definition) is 1. The molecule has 0 bridgehead atoms. The summed E-state index contributed by atoms with van der Waals surface area (Å²) in [5.74, 6) is -0.217. The van der Waals surface area contributed by atoms with Crippen molar-refractivity contribution in [3.05, 3.63) is 59.4 Å². The molecule has 1 unspecified atom stereocenters. The highest BCUT2D eigenvalue weighted by molar-refractivity contribution is 6.30. The minimum absolute atomic E-state index is 0.0201. The Labute approximate surface area is 145 Å². The number of nitrogens with zero attached hydrogens (tertiary/aromatic N) is 1. The second kappa shape index (κ2) is 7.53. The highest BCUT2D eigenvalue weighted by Gasteiger charge is 2.26. The van der Waals surface area contributed by atoms with Crippen LogP contribution in [0.4, 0.5) is 10.1 Å². The van der Waals surface area contributed by atoms with Crippen LogP contribution in [-0.2, 0) is 4.79 Å². The molecule has 126 valence electrons. The molecular formula is C18H18ClFN2O2. The molecule has 1 N–H and O–H groups in total. The fourth-order valence-corrected chi connectivity index (χ4v) is 2.85. The monoisotopic (exact) mass is 348 g/mol. The zero-order valence-corrected chi connectivity index (χ0v) is 13.8. The molecule has 6 heteroatoms. The smallest absolute Gasteiger partial charge is 0.260 e. The standard InChI is InChI=1S/C18H18ClFN2O2/c19-16-10-15(6-7-17(16)20)24-12-18(23)22-9-8-14(11-22)21-13-4-2-1-3-5-13/h1-7,10,14,21H,8-9,11-12H2. The molecule has 2 aromatic rings. The zero-order chi connectivity index (χ0) is 16.9. The van der Waals surface area contributed by atoms with E-state index in [4.69, 9.17) is 16.3 Å². The number of rotatable bonds is 5. The van der Waals surface area contributed by atoms with Gasteiger partial charge >= 0.3 is 0 Å². The fourth-order valence-electron chi connectivity index (χ4n) is 2.68. The number of benzene rings is 2. The lowest BCUT2D eigenvalue weighted by molar-refractivity contribution is -0.132. The van der Waals surface area contributed by atoms with E-state index in [0.717, 1.165) is 12.1 Å². The molecule has 0 radical (unpaired) electrons. The number of hydrogen-bond acceptors (Lipinski definition) is 3. The molecule has 1 aliphatic rings. The number of amides is 1. The van der Waals surface area contributed by atoms with E-state index in [0.29, 0.717) is 18.8 Å². The third-order valence-electron chi connectivity index (χ3n) is 3.94. The molecular weight excluding hydrogens is 331 g/mol. The Balaban J connectivity index is 1.48. The summed E-state index contributed by atoms with van der Waals surface area (Å²) in [6.07, 6.45) is 0.892. The third kappa shape index (κ3) is 4.17. The number of ether oxygens (including phenoxy) is 1. The molecule has 1 aliphatic heterocycles. The third-order valence-corrected chi connectivity index (χ3v) is 4.23. The first-order valence-corrected chi connectivity index (χ1v) is 8.17. The molecule has 1 saturated heterocycles. The van der Waals surface area contributed by atoms with E-state index in [9.17, 15) is 9.18 Å². The van der Waals surface area contributed by atoms with E-state index >= 15 is 0 Å². The summed E-state index contributed by atoms with van der Waals surface area (Å²) in [7, 11) is 0. The minimum atomic E-state index is -0.510. The Morgan fingerprint density at radius 1 is 1.29 bits per heavy atom. The van der Waals surface area contributed by atoms with Crippen molar-refractivity contribution in [2.45, 2.75) is 12.5 Å². The number of nitrogens with one attached hydrogen (secondary N) is 1. The molecule has 0 spiro atoms. The largest absolute Gasteiger partial charge is 0.484 e. The maximum atomic E-state index is 13.1. The van der Waals surface area contributed by atoms with Crippen molar-refractivity contribution in [2.75, 3.05) is 25.0 Å². The van der Waals surface area contributed by atoms with Crippen molar-refractivity contribution in [3.63, 3.8) is 0 Å². The van der Waals surface area contributed by atoms with Crippen molar-refractivity contribution >= 4 is 23.2 Å². The lowest BCUT2D eigenvalue weighted by Crippen LogP contribution is -2.34. The number of carbonyl (C=O) groups excluding carboxylic acids is 1. The van der Waals surface area contributed by atoms with Gasteiger partial charge in [0.15, 0.2) is 6.61 Å². The number of halogens is 2. The zero-order valence-electron chi connectivity index (χ0n) is 13.0. The Bertz CT molecular complexity index is 711. The van der Waals surface area contributed by atoms with Gasteiger partial charge in [0.05, 0.1) is 5.02 Å². The first-order chi connectivity index (χ1) is 11.6. The number of likely N-dealkylation sites (tertiary alicyclic amines) is 1. The van der Waals surface area contributed by atoms with Crippen LogP contribution in [0.5, 0.6) is 5.75 Å². The molecule has 0 aromatic heterocycles. The molecule has 1 fully saturated rings. The lowest BCUT2D eigenvalue weighted by atomic mass is 10.2. The normalized spacial score (nSPS) is 16.9. The molecule has 4 nitrogen and oxygen atoms in total. The topological polar surface area (TPSA) is 41.6 Å². The number of para-hydroxylation sites is 1. The van der Waals surface area contributed by atoms with E-state index < -0.39 is 5.82 Å². The predicted molar refractivity (Wildman–Crippen MR) is 92.0 cm³/mol. The molecule has 0 saturated carbocycles. The van der Waals surface area contributed by atoms with Gasteiger partial charge < -0.3 is 15.0 Å². The van der Waals surface area contributed by atoms with Crippen molar-refractivity contribution in [1.82, 2.24) is 4.90 Å². The van der Waals surface area contributed by atoms with Gasteiger partial charge in [0, 0.05) is 30.9 Å². The molecule has 2 aromatic carbocycles. The maximum absolute atomic E-state index is 13.1. The summed E-state index contributed by atoms with van der Waals surface area (Å²) in [5.41, 5.74) is 1.05. The average Bonchev–Trinajstić information content (AvgIpc) is 3.05. The molecule has 0 aliphatic carbocycles. The van der Waals surface area contributed by atoms with Gasteiger partial charge in [-0.2, -0.15) is 0 Å². The van der Waals surface area contributed by atoms with Gasteiger partial charge in [0.1, 0.15) is 11.6 Å². The van der Waals surface area contributed by atoms with Crippen molar-refractivity contribution in [1.29, 1.82) is 0 Å². The van der Waals surface area contributed by atoms with Crippen LogP contribution in [0.15, 0.2) is 48.5 Å². The Kier molecular flexibility index (Phi) is 5.20. The molecule has 1 atom stereocenters. The Morgan fingerprint density at radius 3 is 2.83 bits per heavy atom.